The van der Waals surface area contributed by atoms with Gasteiger partial charge in [0.15, 0.2) is 0 Å². The maximum Gasteiger partial charge on any atom is 0.256 e. The van der Waals surface area contributed by atoms with E-state index >= 15 is 0 Å². The lowest BCUT2D eigenvalue weighted by molar-refractivity contribution is 0.108. The summed E-state index contributed by atoms with van der Waals surface area (Å²) in [4.78, 5) is 17.7. The Morgan fingerprint density at radius 2 is 1.94 bits per heavy atom. The van der Waals surface area contributed by atoms with Crippen LogP contribution in [0.15, 0.2) is 18.2 Å². The third-order valence-corrected chi connectivity index (χ3v) is 3.11. The van der Waals surface area contributed by atoms with Gasteiger partial charge in [0.25, 0.3) is 5.24 Å². The van der Waals surface area contributed by atoms with Crippen molar-refractivity contribution in [3.05, 3.63) is 34.3 Å². The minimum atomic E-state index is -0.522. The molecule has 0 unspecified atom stereocenters. The van der Waals surface area contributed by atoms with Gasteiger partial charge in [-0.15, -0.1) is 0 Å². The van der Waals surface area contributed by atoms with Gasteiger partial charge in [-0.05, 0) is 42.3 Å². The molecule has 0 N–H and O–H groups in total. The molecular formula is C13H12Cl2N2O. The summed E-state index contributed by atoms with van der Waals surface area (Å²) in [6, 6.07) is 5.35. The molecule has 0 saturated carbocycles. The molecule has 0 radical (unpaired) electrons. The summed E-state index contributed by atoms with van der Waals surface area (Å²) in [5.41, 5.74) is 2.18. The Morgan fingerprint density at radius 1 is 1.28 bits per heavy atom. The van der Waals surface area contributed by atoms with Crippen LogP contribution in [0.25, 0.3) is 10.9 Å². The van der Waals surface area contributed by atoms with E-state index in [4.69, 9.17) is 23.2 Å². The Balaban J connectivity index is 2.84. The summed E-state index contributed by atoms with van der Waals surface area (Å²) in [5, 5.41) is 0.910. The van der Waals surface area contributed by atoms with Crippen LogP contribution in [0.2, 0.25) is 5.02 Å². The van der Waals surface area contributed by atoms with E-state index in [2.05, 4.69) is 4.98 Å². The number of hydrogen-bond donors (Lipinski definition) is 0. The van der Waals surface area contributed by atoms with Crippen molar-refractivity contribution in [1.29, 1.82) is 0 Å². The lowest BCUT2D eigenvalue weighted by Gasteiger charge is -2.16. The molecule has 0 aliphatic rings. The zero-order valence-electron chi connectivity index (χ0n) is 10.3. The highest BCUT2D eigenvalue weighted by molar-refractivity contribution is 6.68. The van der Waals surface area contributed by atoms with E-state index in [0.717, 1.165) is 16.5 Å². The molecule has 0 fully saturated rings. The number of aryl methyl sites for hydroxylation is 1. The van der Waals surface area contributed by atoms with Crippen LogP contribution >= 0.6 is 23.2 Å². The van der Waals surface area contributed by atoms with Crippen molar-refractivity contribution in [3.8, 4) is 0 Å². The monoisotopic (exact) mass is 282 g/mol. The number of carbonyl (C=O) groups excluding carboxylic acids is 1. The molecule has 3 nitrogen and oxygen atoms in total. The molecule has 0 aliphatic heterocycles. The van der Waals surface area contributed by atoms with Gasteiger partial charge < -0.3 is 4.90 Å². The van der Waals surface area contributed by atoms with Crippen LogP contribution in [-0.2, 0) is 0 Å². The average molecular weight is 283 g/mol. The highest BCUT2D eigenvalue weighted by atomic mass is 35.5. The molecule has 0 bridgehead atoms. The molecule has 1 heterocycles. The summed E-state index contributed by atoms with van der Waals surface area (Å²) < 4.78 is 0. The maximum absolute atomic E-state index is 11.4. The second-order valence-corrected chi connectivity index (χ2v) is 5.10. The molecule has 0 spiro atoms. The number of aromatic nitrogens is 1. The molecule has 18 heavy (non-hydrogen) atoms. The minimum absolute atomic E-state index is 0.385. The molecule has 0 aliphatic carbocycles. The van der Waals surface area contributed by atoms with E-state index < -0.39 is 5.24 Å². The first-order valence-electron chi connectivity index (χ1n) is 5.38. The summed E-state index contributed by atoms with van der Waals surface area (Å²) in [6.45, 7) is 1.93. The average Bonchev–Trinajstić information content (AvgIpc) is 2.26. The molecule has 94 valence electrons. The lowest BCUT2D eigenvalue weighted by atomic mass is 10.1. The van der Waals surface area contributed by atoms with Gasteiger partial charge in [-0.1, -0.05) is 11.6 Å². The Labute approximate surface area is 115 Å². The third kappa shape index (κ3) is 2.28. The second-order valence-electron chi connectivity index (χ2n) is 4.32. The predicted octanol–water partition coefficient (Wildman–Crippen LogP) is 3.64. The van der Waals surface area contributed by atoms with Gasteiger partial charge in [-0.2, -0.15) is 0 Å². The van der Waals surface area contributed by atoms with Gasteiger partial charge in [-0.3, -0.25) is 4.79 Å². The highest BCUT2D eigenvalue weighted by Crippen LogP contribution is 2.28. The van der Waals surface area contributed by atoms with E-state index in [1.165, 1.54) is 0 Å². The topological polar surface area (TPSA) is 33.2 Å². The number of halogens is 2. The number of anilines is 1. The number of carbonyl (C=O) groups is 1. The van der Waals surface area contributed by atoms with E-state index in [1.54, 1.807) is 17.0 Å². The van der Waals surface area contributed by atoms with Crippen LogP contribution in [0.5, 0.6) is 0 Å². The Kier molecular flexibility index (Phi) is 3.46. The van der Waals surface area contributed by atoms with Gasteiger partial charge in [-0.25, -0.2) is 4.98 Å². The summed E-state index contributed by atoms with van der Waals surface area (Å²) >= 11 is 11.6. The van der Waals surface area contributed by atoms with Crippen molar-refractivity contribution in [2.45, 2.75) is 6.92 Å². The summed E-state index contributed by atoms with van der Waals surface area (Å²) in [5.74, 6) is 0.563. The Bertz CT molecular complexity index is 638. The van der Waals surface area contributed by atoms with Crippen LogP contribution in [-0.4, -0.2) is 24.3 Å². The molecule has 0 saturated heterocycles. The number of rotatable bonds is 2. The fourth-order valence-electron chi connectivity index (χ4n) is 1.90. The molecule has 2 aromatic rings. The quantitative estimate of drug-likeness (QED) is 0.789. The molecular weight excluding hydrogens is 271 g/mol. The standard InChI is InChI=1S/C13H12Cl2N2O/c1-7-4-9(14)5-8-6-10(12(15)18)13(17(2)3)16-11(7)8/h4-6H,1-3H3. The van der Waals surface area contributed by atoms with Crippen molar-refractivity contribution < 1.29 is 4.79 Å². The number of pyridine rings is 1. The van der Waals surface area contributed by atoms with Crippen LogP contribution in [0.4, 0.5) is 5.82 Å². The van der Waals surface area contributed by atoms with Gasteiger partial charge in [0.2, 0.25) is 0 Å². The van der Waals surface area contributed by atoms with Crippen molar-refractivity contribution in [1.82, 2.24) is 4.98 Å². The van der Waals surface area contributed by atoms with E-state index in [1.807, 2.05) is 27.1 Å². The van der Waals surface area contributed by atoms with Crippen LogP contribution in [0.3, 0.4) is 0 Å². The maximum atomic E-state index is 11.4. The minimum Gasteiger partial charge on any atom is -0.362 e. The smallest absolute Gasteiger partial charge is 0.256 e. The van der Waals surface area contributed by atoms with Gasteiger partial charge in [0.1, 0.15) is 5.82 Å². The van der Waals surface area contributed by atoms with Gasteiger partial charge in [0, 0.05) is 24.5 Å². The van der Waals surface area contributed by atoms with Crippen molar-refractivity contribution in [3.63, 3.8) is 0 Å². The first kappa shape index (κ1) is 13.1. The van der Waals surface area contributed by atoms with Crippen LogP contribution < -0.4 is 4.90 Å². The van der Waals surface area contributed by atoms with Crippen molar-refractivity contribution in [2.24, 2.45) is 0 Å². The third-order valence-electron chi connectivity index (χ3n) is 2.69. The molecule has 0 atom stereocenters. The molecule has 5 heteroatoms. The number of nitrogens with zero attached hydrogens (tertiary/aromatic N) is 2. The fourth-order valence-corrected chi connectivity index (χ4v) is 2.32. The first-order valence-corrected chi connectivity index (χ1v) is 6.14. The summed E-state index contributed by atoms with van der Waals surface area (Å²) in [6.07, 6.45) is 0. The lowest BCUT2D eigenvalue weighted by Crippen LogP contribution is -2.14. The Hall–Kier alpha value is -1.32. The zero-order valence-corrected chi connectivity index (χ0v) is 11.8. The highest BCUT2D eigenvalue weighted by Gasteiger charge is 2.15. The number of fused-ring (bicyclic) bond motifs is 1. The largest absolute Gasteiger partial charge is 0.362 e. The Morgan fingerprint density at radius 3 is 2.50 bits per heavy atom. The molecule has 1 aromatic heterocycles. The first-order chi connectivity index (χ1) is 8.40. The molecule has 1 aromatic carbocycles. The second kappa shape index (κ2) is 4.75. The summed E-state index contributed by atoms with van der Waals surface area (Å²) in [7, 11) is 3.64. The van der Waals surface area contributed by atoms with Crippen molar-refractivity contribution in [2.75, 3.05) is 19.0 Å². The van der Waals surface area contributed by atoms with Crippen LogP contribution in [0.1, 0.15) is 15.9 Å². The number of hydrogen-bond acceptors (Lipinski definition) is 3. The SMILES string of the molecule is Cc1cc(Cl)cc2cc(C(=O)Cl)c(N(C)C)nc12. The van der Waals surface area contributed by atoms with Gasteiger partial charge >= 0.3 is 0 Å². The van der Waals surface area contributed by atoms with Crippen molar-refractivity contribution >= 4 is 45.2 Å². The number of benzene rings is 1. The van der Waals surface area contributed by atoms with E-state index in [0.29, 0.717) is 16.4 Å². The van der Waals surface area contributed by atoms with Crippen LogP contribution in [0, 0.1) is 6.92 Å². The normalized spacial score (nSPS) is 10.7. The molecule has 0 amide bonds. The van der Waals surface area contributed by atoms with E-state index in [-0.39, 0.29) is 0 Å². The fraction of sp³-hybridized carbons (Fsp3) is 0.231. The zero-order chi connectivity index (χ0) is 13.4. The van der Waals surface area contributed by atoms with Gasteiger partial charge in [0.05, 0.1) is 11.1 Å². The molecule has 2 rings (SSSR count). The predicted molar refractivity (Wildman–Crippen MR) is 76.0 cm³/mol. The van der Waals surface area contributed by atoms with E-state index in [9.17, 15) is 4.79 Å².